The smallest absolute Gasteiger partial charge is 0.313 e. The highest BCUT2D eigenvalue weighted by Crippen LogP contribution is 2.36. The monoisotopic (exact) mass is 318 g/mol. The molecule has 6 heteroatoms. The second-order valence-corrected chi connectivity index (χ2v) is 11.7. The molecular weight excluding hydrogens is 288 g/mol. The van der Waals surface area contributed by atoms with E-state index in [1.165, 1.54) is 7.11 Å². The summed E-state index contributed by atoms with van der Waals surface area (Å²) in [5, 5.41) is 0.102. The number of esters is 1. The van der Waals surface area contributed by atoms with Crippen LogP contribution in [-0.2, 0) is 23.5 Å². The fraction of sp³-hybridized carbons (Fsp3) is 0.867. The highest BCUT2D eigenvalue weighted by molar-refractivity contribution is 6.74. The Kier molecular flexibility index (Phi) is 7.78. The maximum atomic E-state index is 12.0. The average Bonchev–Trinajstić information content (AvgIpc) is 2.37. The van der Waals surface area contributed by atoms with Gasteiger partial charge in [0.25, 0.3) is 0 Å². The number of hydrogen-bond acceptors (Lipinski definition) is 5. The van der Waals surface area contributed by atoms with Crippen molar-refractivity contribution in [2.75, 3.05) is 20.8 Å². The van der Waals surface area contributed by atoms with E-state index in [9.17, 15) is 9.59 Å². The van der Waals surface area contributed by atoms with Crippen molar-refractivity contribution < 1.29 is 23.5 Å². The Labute approximate surface area is 129 Å². The number of ether oxygens (including phenoxy) is 2. The molecule has 0 aromatic carbocycles. The third-order valence-electron chi connectivity index (χ3n) is 4.33. The Bertz CT molecular complexity index is 360. The van der Waals surface area contributed by atoms with Gasteiger partial charge in [-0.3, -0.25) is 9.59 Å². The predicted octanol–water partition coefficient (Wildman–Crippen LogP) is 2.79. The quantitative estimate of drug-likeness (QED) is 0.391. The lowest BCUT2D eigenvalue weighted by atomic mass is 9.98. The van der Waals surface area contributed by atoms with Gasteiger partial charge in [0.1, 0.15) is 12.2 Å². The second-order valence-electron chi connectivity index (χ2n) is 6.85. The molecule has 0 aliphatic heterocycles. The molecule has 0 aliphatic rings. The molecule has 0 unspecified atom stereocenters. The first-order valence-corrected chi connectivity index (χ1v) is 10.1. The van der Waals surface area contributed by atoms with E-state index in [-0.39, 0.29) is 23.3 Å². The van der Waals surface area contributed by atoms with E-state index in [4.69, 9.17) is 9.16 Å². The van der Waals surface area contributed by atoms with Crippen molar-refractivity contribution in [2.24, 2.45) is 5.92 Å². The molecule has 0 bridgehead atoms. The van der Waals surface area contributed by atoms with E-state index in [0.29, 0.717) is 6.61 Å². The Morgan fingerprint density at radius 1 is 1.14 bits per heavy atom. The van der Waals surface area contributed by atoms with Gasteiger partial charge in [0.2, 0.25) is 0 Å². The summed E-state index contributed by atoms with van der Waals surface area (Å²) >= 11 is 0. The lowest BCUT2D eigenvalue weighted by Gasteiger charge is -2.37. The van der Waals surface area contributed by atoms with Gasteiger partial charge in [0, 0.05) is 13.0 Å². The minimum absolute atomic E-state index is 0.102. The maximum absolute atomic E-state index is 12.0. The van der Waals surface area contributed by atoms with E-state index >= 15 is 0 Å². The first kappa shape index (κ1) is 20.3. The van der Waals surface area contributed by atoms with Crippen molar-refractivity contribution in [3.63, 3.8) is 0 Å². The van der Waals surface area contributed by atoms with Crippen molar-refractivity contribution in [1.82, 2.24) is 0 Å². The van der Waals surface area contributed by atoms with Crippen LogP contribution in [0.15, 0.2) is 0 Å². The zero-order chi connectivity index (χ0) is 16.8. The summed E-state index contributed by atoms with van der Waals surface area (Å²) in [6.07, 6.45) is -0.575. The van der Waals surface area contributed by atoms with Crippen molar-refractivity contribution in [1.29, 1.82) is 0 Å². The molecule has 0 N–H and O–H groups in total. The van der Waals surface area contributed by atoms with Crippen LogP contribution in [-0.4, -0.2) is 47.0 Å². The molecule has 0 aromatic heterocycles. The fourth-order valence-electron chi connectivity index (χ4n) is 1.51. The van der Waals surface area contributed by atoms with E-state index in [2.05, 4.69) is 38.6 Å². The number of methoxy groups -OCH3 is 2. The number of carbonyl (C=O) groups is 2. The third-order valence-corrected chi connectivity index (χ3v) is 8.83. The van der Waals surface area contributed by atoms with Crippen LogP contribution in [0.2, 0.25) is 18.1 Å². The molecule has 0 heterocycles. The zero-order valence-electron chi connectivity index (χ0n) is 14.6. The van der Waals surface area contributed by atoms with Crippen molar-refractivity contribution in [2.45, 2.75) is 58.4 Å². The summed E-state index contributed by atoms with van der Waals surface area (Å²) in [7, 11) is 0.943. The van der Waals surface area contributed by atoms with E-state index in [0.717, 1.165) is 0 Å². The van der Waals surface area contributed by atoms with Gasteiger partial charge in [-0.05, 0) is 18.1 Å². The normalized spacial score (nSPS) is 15.4. The van der Waals surface area contributed by atoms with Crippen LogP contribution in [0.25, 0.3) is 0 Å². The molecule has 0 aliphatic carbocycles. The number of rotatable bonds is 8. The van der Waals surface area contributed by atoms with Gasteiger partial charge in [-0.25, -0.2) is 0 Å². The standard InChI is InChI=1S/C15H30O5Si/c1-11(12(16)9-14(17)19-6)13(18-5)10-20-21(7,8)15(2,3)4/h11,13H,9-10H2,1-8H3/t11-,13-/m0/s1. The summed E-state index contributed by atoms with van der Waals surface area (Å²) in [6, 6.07) is 0. The van der Waals surface area contributed by atoms with E-state index in [1.807, 2.05) is 0 Å². The van der Waals surface area contributed by atoms with Gasteiger partial charge in [-0.15, -0.1) is 0 Å². The minimum Gasteiger partial charge on any atom is -0.469 e. The molecule has 0 rings (SSSR count). The molecule has 0 saturated carbocycles. The van der Waals surface area contributed by atoms with Crippen molar-refractivity contribution in [3.05, 3.63) is 0 Å². The molecule has 5 nitrogen and oxygen atoms in total. The van der Waals surface area contributed by atoms with Crippen LogP contribution in [0.4, 0.5) is 0 Å². The average molecular weight is 318 g/mol. The topological polar surface area (TPSA) is 61.8 Å². The number of Topliss-reactive ketones (excluding diaryl/α,β-unsaturated/α-hetero) is 1. The molecule has 2 atom stereocenters. The van der Waals surface area contributed by atoms with Crippen LogP contribution in [0.1, 0.15) is 34.1 Å². The molecule has 0 saturated heterocycles. The van der Waals surface area contributed by atoms with Gasteiger partial charge in [-0.2, -0.15) is 0 Å². The van der Waals surface area contributed by atoms with Crippen molar-refractivity contribution in [3.8, 4) is 0 Å². The lowest BCUT2D eigenvalue weighted by Crippen LogP contribution is -2.44. The first-order valence-electron chi connectivity index (χ1n) is 7.22. The van der Waals surface area contributed by atoms with Crippen LogP contribution in [0, 0.1) is 5.92 Å². The predicted molar refractivity (Wildman–Crippen MR) is 84.8 cm³/mol. The molecule has 0 radical (unpaired) electrons. The van der Waals surface area contributed by atoms with Gasteiger partial charge in [-0.1, -0.05) is 27.7 Å². The summed E-state index contributed by atoms with van der Waals surface area (Å²) in [5.74, 6) is -1.11. The highest BCUT2D eigenvalue weighted by Gasteiger charge is 2.38. The van der Waals surface area contributed by atoms with Gasteiger partial charge < -0.3 is 13.9 Å². The summed E-state index contributed by atoms with van der Waals surface area (Å²) in [5.41, 5.74) is 0. The van der Waals surface area contributed by atoms with E-state index < -0.39 is 20.2 Å². The Morgan fingerprint density at radius 2 is 1.67 bits per heavy atom. The molecule has 0 fully saturated rings. The molecule has 124 valence electrons. The Morgan fingerprint density at radius 3 is 2.05 bits per heavy atom. The molecule has 0 aromatic rings. The Balaban J connectivity index is 4.65. The SMILES string of the molecule is COC(=O)CC(=O)[C@H](C)[C@H](CO[Si](C)(C)C(C)(C)C)OC. The summed E-state index contributed by atoms with van der Waals surface area (Å²) < 4.78 is 16.0. The van der Waals surface area contributed by atoms with Crippen molar-refractivity contribution >= 4 is 20.1 Å². The lowest BCUT2D eigenvalue weighted by molar-refractivity contribution is -0.145. The van der Waals surface area contributed by atoms with Gasteiger partial charge >= 0.3 is 5.97 Å². The number of ketones is 1. The fourth-order valence-corrected chi connectivity index (χ4v) is 2.52. The van der Waals surface area contributed by atoms with Crippen LogP contribution in [0.3, 0.4) is 0 Å². The zero-order valence-corrected chi connectivity index (χ0v) is 15.6. The van der Waals surface area contributed by atoms with Crippen LogP contribution in [0.5, 0.6) is 0 Å². The Hall–Kier alpha value is -0.723. The molecule has 0 amide bonds. The van der Waals surface area contributed by atoms with Crippen LogP contribution >= 0.6 is 0 Å². The second kappa shape index (κ2) is 8.05. The maximum Gasteiger partial charge on any atom is 0.313 e. The largest absolute Gasteiger partial charge is 0.469 e. The summed E-state index contributed by atoms with van der Waals surface area (Å²) in [6.45, 7) is 12.9. The van der Waals surface area contributed by atoms with Crippen LogP contribution < -0.4 is 0 Å². The van der Waals surface area contributed by atoms with Gasteiger partial charge in [0.15, 0.2) is 8.32 Å². The first-order chi connectivity index (χ1) is 9.46. The summed E-state index contributed by atoms with van der Waals surface area (Å²) in [4.78, 5) is 23.2. The molecular formula is C15H30O5Si. The van der Waals surface area contributed by atoms with Gasteiger partial charge in [0.05, 0.1) is 19.8 Å². The molecule has 0 spiro atoms. The highest BCUT2D eigenvalue weighted by atomic mass is 28.4. The number of hydrogen-bond donors (Lipinski definition) is 0. The molecule has 21 heavy (non-hydrogen) atoms. The number of carbonyl (C=O) groups excluding carboxylic acids is 2. The van der Waals surface area contributed by atoms with E-state index in [1.54, 1.807) is 14.0 Å². The minimum atomic E-state index is -1.89. The third kappa shape index (κ3) is 6.28.